The van der Waals surface area contributed by atoms with Gasteiger partial charge >= 0.3 is 5.97 Å². The molecule has 1 aromatic carbocycles. The maximum Gasteiger partial charge on any atom is 0.306 e. The van der Waals surface area contributed by atoms with E-state index in [4.69, 9.17) is 9.57 Å². The first-order chi connectivity index (χ1) is 18.0. The van der Waals surface area contributed by atoms with E-state index in [9.17, 15) is 14.4 Å². The Morgan fingerprint density at radius 1 is 1.08 bits per heavy atom. The number of methoxy groups -OCH3 is 1. The fraction of sp³-hybridized carbons (Fsp3) is 0.519. The Labute approximate surface area is 225 Å². The van der Waals surface area contributed by atoms with Gasteiger partial charge in [-0.3, -0.25) is 14.4 Å². The van der Waals surface area contributed by atoms with Crippen LogP contribution in [0.15, 0.2) is 36.4 Å². The summed E-state index contributed by atoms with van der Waals surface area (Å²) in [5, 5.41) is 2.85. The van der Waals surface area contributed by atoms with Crippen molar-refractivity contribution < 1.29 is 28.7 Å². The van der Waals surface area contributed by atoms with E-state index in [2.05, 4.69) is 27.7 Å². The minimum Gasteiger partial charge on any atom is -0.469 e. The van der Waals surface area contributed by atoms with Crippen LogP contribution in [0.25, 0.3) is 10.4 Å². The Morgan fingerprint density at radius 3 is 2.73 bits per heavy atom. The second-order valence-corrected chi connectivity index (χ2v) is 11.8. The van der Waals surface area contributed by atoms with Gasteiger partial charge in [0.1, 0.15) is 0 Å². The lowest BCUT2D eigenvalue weighted by atomic mass is 9.94. The maximum atomic E-state index is 12.9. The lowest BCUT2D eigenvalue weighted by Gasteiger charge is -2.35. The van der Waals surface area contributed by atoms with Gasteiger partial charge in [0.05, 0.1) is 18.3 Å². The van der Waals surface area contributed by atoms with Crippen molar-refractivity contribution in [3.05, 3.63) is 41.3 Å². The Kier molecular flexibility index (Phi) is 10.0. The van der Waals surface area contributed by atoms with Crippen LogP contribution in [0.4, 0.5) is 5.69 Å². The predicted octanol–water partition coefficient (Wildman–Crippen LogP) is 5.38. The topological polar surface area (TPSA) is 103 Å². The number of hydroxylamine groups is 1. The predicted molar refractivity (Wildman–Crippen MR) is 145 cm³/mol. The van der Waals surface area contributed by atoms with Gasteiger partial charge in [-0.25, -0.2) is 10.3 Å². The second-order valence-electron chi connectivity index (χ2n) is 9.28. The second kappa shape index (κ2) is 13.4. The third-order valence-corrected chi connectivity index (χ3v) is 9.59. The highest BCUT2D eigenvalue weighted by molar-refractivity contribution is 8.00. The van der Waals surface area contributed by atoms with Crippen LogP contribution in [0.2, 0.25) is 0 Å². The summed E-state index contributed by atoms with van der Waals surface area (Å²) in [6, 6.07) is 11.9. The highest BCUT2D eigenvalue weighted by Crippen LogP contribution is 2.51. The quantitative estimate of drug-likeness (QED) is 0.304. The summed E-state index contributed by atoms with van der Waals surface area (Å²) < 4.78 is 9.86. The molecule has 2 amide bonds. The van der Waals surface area contributed by atoms with Crippen LogP contribution >= 0.6 is 23.1 Å². The summed E-state index contributed by atoms with van der Waals surface area (Å²) in [5.74, 6) is 0.237. The summed E-state index contributed by atoms with van der Waals surface area (Å²) in [5.41, 5.74) is 4.30. The number of ether oxygens (including phenoxy) is 2. The molecule has 2 fully saturated rings. The first-order valence-corrected chi connectivity index (χ1v) is 14.6. The average Bonchev–Trinajstić information content (AvgIpc) is 3.43. The molecule has 0 bridgehead atoms. The summed E-state index contributed by atoms with van der Waals surface area (Å²) in [7, 11) is 1.31. The molecule has 0 aliphatic carbocycles. The Bertz CT molecular complexity index is 1080. The van der Waals surface area contributed by atoms with Gasteiger partial charge < -0.3 is 14.8 Å². The number of thioether (sulfide) groups is 1. The van der Waals surface area contributed by atoms with Crippen molar-refractivity contribution in [2.75, 3.05) is 24.8 Å². The number of rotatable bonds is 10. The van der Waals surface area contributed by atoms with Crippen molar-refractivity contribution in [2.24, 2.45) is 0 Å². The van der Waals surface area contributed by atoms with Crippen molar-refractivity contribution in [1.29, 1.82) is 0 Å². The van der Waals surface area contributed by atoms with Crippen LogP contribution in [0.3, 0.4) is 0 Å². The maximum absolute atomic E-state index is 12.9. The largest absolute Gasteiger partial charge is 0.469 e. The van der Waals surface area contributed by atoms with Gasteiger partial charge in [0.15, 0.2) is 6.29 Å². The molecule has 0 radical (unpaired) electrons. The van der Waals surface area contributed by atoms with Crippen molar-refractivity contribution in [1.82, 2.24) is 5.48 Å². The smallest absolute Gasteiger partial charge is 0.306 e. The normalized spacial score (nSPS) is 21.7. The standard InChI is InChI=1S/C27H34N2O6S2/c1-33-25(32)13-12-23(30)28-20-8-6-7-19(17-20)21-10-11-22(37-21)27(14-3-5-16-36-27)18-24(31)29-35-26-9-2-4-15-34-26/h6-8,10-11,17,26H,2-5,9,12-16,18H2,1H3,(H,28,30)(H,29,31)/t26?,27-/m0/s1. The zero-order valence-electron chi connectivity index (χ0n) is 21.1. The molecule has 37 heavy (non-hydrogen) atoms. The lowest BCUT2D eigenvalue weighted by molar-refractivity contribution is -0.200. The molecular formula is C27H34N2O6S2. The van der Waals surface area contributed by atoms with Crippen LogP contribution in [-0.2, 0) is 33.4 Å². The van der Waals surface area contributed by atoms with Crippen molar-refractivity contribution in [3.63, 3.8) is 0 Å². The molecule has 1 unspecified atom stereocenters. The number of amides is 2. The number of anilines is 1. The molecule has 3 heterocycles. The van der Waals surface area contributed by atoms with Crippen LogP contribution in [0.1, 0.15) is 62.7 Å². The van der Waals surface area contributed by atoms with E-state index in [0.717, 1.165) is 54.7 Å². The highest BCUT2D eigenvalue weighted by atomic mass is 32.2. The molecule has 200 valence electrons. The van der Waals surface area contributed by atoms with Crippen molar-refractivity contribution in [2.45, 2.75) is 68.8 Å². The summed E-state index contributed by atoms with van der Waals surface area (Å²) in [6.45, 7) is 0.663. The molecule has 2 aromatic rings. The molecule has 2 saturated heterocycles. The van der Waals surface area contributed by atoms with Crippen molar-refractivity contribution in [3.8, 4) is 10.4 Å². The number of benzene rings is 1. The fourth-order valence-corrected chi connectivity index (χ4v) is 7.42. The van der Waals surface area contributed by atoms with Gasteiger partial charge in [-0.15, -0.1) is 23.1 Å². The molecule has 1 aromatic heterocycles. The molecular weight excluding hydrogens is 512 g/mol. The molecule has 4 rings (SSSR count). The zero-order valence-corrected chi connectivity index (χ0v) is 22.7. The summed E-state index contributed by atoms with van der Waals surface area (Å²) in [6.07, 6.45) is 6.11. The Balaban J connectivity index is 1.42. The summed E-state index contributed by atoms with van der Waals surface area (Å²) >= 11 is 3.54. The number of hydrogen-bond acceptors (Lipinski definition) is 8. The van der Waals surface area contributed by atoms with E-state index >= 15 is 0 Å². The van der Waals surface area contributed by atoms with Gasteiger partial charge in [-0.05, 0) is 61.3 Å². The van der Waals surface area contributed by atoms with E-state index in [1.54, 1.807) is 11.3 Å². The van der Waals surface area contributed by atoms with Gasteiger partial charge in [-0.1, -0.05) is 18.6 Å². The third-order valence-electron chi connectivity index (χ3n) is 6.51. The Hall–Kier alpha value is -2.40. The number of nitrogens with one attached hydrogen (secondary N) is 2. The molecule has 10 heteroatoms. The first kappa shape index (κ1) is 27.6. The SMILES string of the molecule is COC(=O)CCC(=O)Nc1cccc(-c2ccc([C@@]3(CC(=O)NOC4CCCCO4)CCCCS3)s2)c1. The molecule has 2 N–H and O–H groups in total. The first-order valence-electron chi connectivity index (χ1n) is 12.7. The third kappa shape index (κ3) is 7.80. The van der Waals surface area contributed by atoms with E-state index < -0.39 is 5.97 Å². The minimum atomic E-state index is -0.410. The number of carbonyl (C=O) groups excluding carboxylic acids is 3. The molecule has 2 atom stereocenters. The van der Waals surface area contributed by atoms with Crippen LogP contribution in [0.5, 0.6) is 0 Å². The van der Waals surface area contributed by atoms with Gasteiger partial charge in [0, 0.05) is 41.3 Å². The monoisotopic (exact) mass is 546 g/mol. The molecule has 2 aliphatic heterocycles. The number of thiophene rings is 1. The van der Waals surface area contributed by atoms with E-state index in [0.29, 0.717) is 18.7 Å². The van der Waals surface area contributed by atoms with Gasteiger partial charge in [-0.2, -0.15) is 0 Å². The van der Waals surface area contributed by atoms with Crippen LogP contribution in [0, 0.1) is 0 Å². The zero-order chi connectivity index (χ0) is 26.1. The number of esters is 1. The van der Waals surface area contributed by atoms with E-state index in [-0.39, 0.29) is 35.7 Å². The van der Waals surface area contributed by atoms with Crippen LogP contribution < -0.4 is 10.8 Å². The molecule has 2 aliphatic rings. The van der Waals surface area contributed by atoms with Crippen LogP contribution in [-0.4, -0.2) is 43.5 Å². The number of hydrogen-bond donors (Lipinski definition) is 2. The van der Waals surface area contributed by atoms with Gasteiger partial charge in [0.2, 0.25) is 11.8 Å². The summed E-state index contributed by atoms with van der Waals surface area (Å²) in [4.78, 5) is 44.2. The fourth-order valence-electron chi connectivity index (χ4n) is 4.53. The molecule has 0 saturated carbocycles. The number of carbonyl (C=O) groups is 3. The average molecular weight is 547 g/mol. The van der Waals surface area contributed by atoms with Crippen molar-refractivity contribution >= 4 is 46.6 Å². The lowest BCUT2D eigenvalue weighted by Crippen LogP contribution is -2.37. The van der Waals surface area contributed by atoms with E-state index in [1.807, 2.05) is 36.0 Å². The van der Waals surface area contributed by atoms with E-state index in [1.165, 1.54) is 12.0 Å². The molecule has 0 spiro atoms. The highest BCUT2D eigenvalue weighted by Gasteiger charge is 2.38. The molecule has 8 nitrogen and oxygen atoms in total. The van der Waals surface area contributed by atoms with Gasteiger partial charge in [0.25, 0.3) is 0 Å². The Morgan fingerprint density at radius 2 is 1.97 bits per heavy atom. The minimum absolute atomic E-state index is 0.0440.